The van der Waals surface area contributed by atoms with Gasteiger partial charge in [0.25, 0.3) is 11.8 Å². The van der Waals surface area contributed by atoms with Crippen molar-refractivity contribution in [2.75, 3.05) is 43.4 Å². The molecule has 0 radical (unpaired) electrons. The van der Waals surface area contributed by atoms with E-state index in [2.05, 4.69) is 51.1 Å². The van der Waals surface area contributed by atoms with Crippen molar-refractivity contribution in [3.63, 3.8) is 0 Å². The van der Waals surface area contributed by atoms with Crippen LogP contribution in [0.25, 0.3) is 44.2 Å². The lowest BCUT2D eigenvalue weighted by Gasteiger charge is -2.32. The summed E-state index contributed by atoms with van der Waals surface area (Å²) < 4.78 is 21.8. The van der Waals surface area contributed by atoms with E-state index in [-0.39, 0.29) is 46.5 Å². The number of aromatic nitrogens is 4. The number of aryl methyl sites for hydroxylation is 3. The number of fused-ring (bicyclic) bond motifs is 2. The zero-order valence-corrected chi connectivity index (χ0v) is 39.6. The lowest BCUT2D eigenvalue weighted by atomic mass is 9.85. The fourth-order valence-corrected chi connectivity index (χ4v) is 10.6. The Kier molecular flexibility index (Phi) is 12.3. The highest BCUT2D eigenvalue weighted by Crippen LogP contribution is 2.42. The normalized spacial score (nSPS) is 16.9. The van der Waals surface area contributed by atoms with E-state index in [1.165, 1.54) is 21.9 Å². The first-order valence-corrected chi connectivity index (χ1v) is 23.9. The zero-order valence-electron chi connectivity index (χ0n) is 39.6. The van der Waals surface area contributed by atoms with Crippen molar-refractivity contribution < 1.29 is 28.4 Å². The highest BCUT2D eigenvalue weighted by molar-refractivity contribution is 6.12. The van der Waals surface area contributed by atoms with E-state index in [0.29, 0.717) is 53.2 Å². The second-order valence-electron chi connectivity index (χ2n) is 18.7. The molecular weight excluding hydrogens is 890 g/mol. The first kappa shape index (κ1) is 46.0. The smallest absolute Gasteiger partial charge is 0.329 e. The molecule has 16 heteroatoms. The van der Waals surface area contributed by atoms with Gasteiger partial charge in [-0.25, -0.2) is 9.18 Å². The maximum atomic E-state index is 17.3. The van der Waals surface area contributed by atoms with Gasteiger partial charge in [-0.05, 0) is 146 Å². The minimum atomic E-state index is -0.721. The van der Waals surface area contributed by atoms with Gasteiger partial charge in [0.2, 0.25) is 17.7 Å². The van der Waals surface area contributed by atoms with Gasteiger partial charge in [0.15, 0.2) is 5.69 Å². The third kappa shape index (κ3) is 8.46. The molecule has 0 spiro atoms. The van der Waals surface area contributed by atoms with E-state index in [1.54, 1.807) is 60.0 Å². The molecule has 5 amide bonds. The van der Waals surface area contributed by atoms with Crippen molar-refractivity contribution in [2.45, 2.75) is 63.8 Å². The number of halogens is 1. The van der Waals surface area contributed by atoms with Gasteiger partial charge < -0.3 is 20.4 Å². The summed E-state index contributed by atoms with van der Waals surface area (Å²) in [7, 11) is 4.90. The third-order valence-corrected chi connectivity index (χ3v) is 14.5. The number of nitrogens with one attached hydrogen (secondary N) is 3. The van der Waals surface area contributed by atoms with Crippen LogP contribution in [-0.2, 0) is 34.9 Å². The Morgan fingerprint density at radius 2 is 1.56 bits per heavy atom. The molecule has 10 rings (SSSR count). The maximum Gasteiger partial charge on any atom is 0.329 e. The number of benzene rings is 5. The number of amides is 5. The summed E-state index contributed by atoms with van der Waals surface area (Å²) in [5.74, 6) is -1.91. The Labute approximate surface area is 403 Å². The Hall–Kier alpha value is -7.72. The van der Waals surface area contributed by atoms with Crippen LogP contribution < -0.4 is 26.5 Å². The van der Waals surface area contributed by atoms with Crippen LogP contribution in [0.15, 0.2) is 95.8 Å². The number of anilines is 2. The van der Waals surface area contributed by atoms with Crippen molar-refractivity contribution in [1.29, 1.82) is 0 Å². The number of rotatable bonds is 11. The van der Waals surface area contributed by atoms with Crippen LogP contribution in [0.3, 0.4) is 0 Å². The van der Waals surface area contributed by atoms with Crippen LogP contribution in [0.4, 0.5) is 15.8 Å². The lowest BCUT2D eigenvalue weighted by molar-refractivity contribution is -0.135. The topological polar surface area (TPSA) is 173 Å². The quantitative estimate of drug-likeness (QED) is 0.115. The first-order valence-electron chi connectivity index (χ1n) is 23.9. The summed E-state index contributed by atoms with van der Waals surface area (Å²) in [6.07, 6.45) is 4.47. The number of piperidine rings is 2. The molecule has 0 bridgehead atoms. The van der Waals surface area contributed by atoms with E-state index in [0.717, 1.165) is 78.8 Å². The highest BCUT2D eigenvalue weighted by Gasteiger charge is 2.32. The molecule has 0 aliphatic carbocycles. The van der Waals surface area contributed by atoms with Crippen LogP contribution >= 0.6 is 0 Å². The van der Waals surface area contributed by atoms with Gasteiger partial charge in [-0.3, -0.25) is 43.1 Å². The summed E-state index contributed by atoms with van der Waals surface area (Å²) in [5.41, 5.74) is 8.89. The molecule has 70 heavy (non-hydrogen) atoms. The van der Waals surface area contributed by atoms with Crippen molar-refractivity contribution in [2.24, 2.45) is 14.1 Å². The van der Waals surface area contributed by atoms with Crippen molar-refractivity contribution in [3.05, 3.63) is 135 Å². The molecule has 7 aromatic rings. The standard InChI is InChI=1S/C54H54FN9O6/c1-31-27-34(33-21-25-62(26-22-33)24-20-32-10-16-42-45(28-32)60(3)54(70)64(42)44-18-19-46(65)58-52(44)68)11-13-38(31)41-30-37(63-23-6-9-47(63)66)12-14-39(41)40-15-17-43-48(49(40)55)50(59-61(43)4)53(69)57-36-8-5-7-35(29-36)51(67)56-2/h5,7-8,10-17,27-30,33,44H,6,9,18-26H2,1-4H3,(H,56,67)(H,57,69)(H,58,65,68). The minimum Gasteiger partial charge on any atom is -0.355 e. The van der Waals surface area contributed by atoms with Crippen LogP contribution in [0.5, 0.6) is 0 Å². The summed E-state index contributed by atoms with van der Waals surface area (Å²) in [6, 6.07) is 27.4. The van der Waals surface area contributed by atoms with E-state index in [9.17, 15) is 28.8 Å². The van der Waals surface area contributed by atoms with Crippen LogP contribution in [0.2, 0.25) is 0 Å². The lowest BCUT2D eigenvalue weighted by Crippen LogP contribution is -2.44. The van der Waals surface area contributed by atoms with Crippen molar-refractivity contribution in [3.8, 4) is 22.3 Å². The molecule has 5 heterocycles. The first-order chi connectivity index (χ1) is 33.8. The van der Waals surface area contributed by atoms with E-state index in [4.69, 9.17) is 0 Å². The molecule has 3 N–H and O–H groups in total. The molecular formula is C54H54FN9O6. The SMILES string of the molecule is CNC(=O)c1cccc(NC(=O)c2nn(C)c3ccc(-c4ccc(N5CCCC5=O)cc4-c4ccc(C5CCN(CCc6ccc7c(c6)n(C)c(=O)n7C6CCC(=O)NC6=O)CC5)cc4C)c(F)c23)c1. The van der Waals surface area contributed by atoms with Gasteiger partial charge in [-0.2, -0.15) is 5.10 Å². The average Bonchev–Trinajstić information content (AvgIpc) is 4.03. The Morgan fingerprint density at radius 3 is 2.30 bits per heavy atom. The monoisotopic (exact) mass is 943 g/mol. The van der Waals surface area contributed by atoms with Gasteiger partial charge >= 0.3 is 5.69 Å². The van der Waals surface area contributed by atoms with E-state index in [1.807, 2.05) is 36.4 Å². The minimum absolute atomic E-state index is 0.0475. The van der Waals surface area contributed by atoms with Crippen molar-refractivity contribution in [1.82, 2.24) is 34.4 Å². The van der Waals surface area contributed by atoms with Gasteiger partial charge in [-0.1, -0.05) is 36.4 Å². The molecule has 1 unspecified atom stereocenters. The largest absolute Gasteiger partial charge is 0.355 e. The fraction of sp³-hybridized carbons (Fsp3) is 0.315. The molecule has 1 atom stereocenters. The maximum absolute atomic E-state index is 17.3. The molecule has 3 saturated heterocycles. The van der Waals surface area contributed by atoms with Gasteiger partial charge in [0.1, 0.15) is 11.9 Å². The van der Waals surface area contributed by atoms with Crippen LogP contribution in [-0.4, -0.2) is 86.6 Å². The van der Waals surface area contributed by atoms with E-state index >= 15 is 4.39 Å². The summed E-state index contributed by atoms with van der Waals surface area (Å²) >= 11 is 0. The molecule has 3 fully saturated rings. The highest BCUT2D eigenvalue weighted by atomic mass is 19.1. The van der Waals surface area contributed by atoms with Crippen LogP contribution in [0.1, 0.15) is 88.0 Å². The number of carbonyl (C=O) groups is 5. The van der Waals surface area contributed by atoms with Gasteiger partial charge in [0.05, 0.1) is 21.9 Å². The zero-order chi connectivity index (χ0) is 49.0. The second-order valence-corrected chi connectivity index (χ2v) is 18.7. The predicted octanol–water partition coefficient (Wildman–Crippen LogP) is 7.15. The number of imidazole rings is 1. The molecule has 5 aromatic carbocycles. The number of hydrogen-bond acceptors (Lipinski definition) is 8. The van der Waals surface area contributed by atoms with E-state index < -0.39 is 23.7 Å². The Bertz CT molecular complexity index is 3360. The van der Waals surface area contributed by atoms with Crippen molar-refractivity contribution >= 4 is 62.8 Å². The molecule has 15 nitrogen and oxygen atoms in total. The molecule has 0 saturated carbocycles. The molecule has 3 aliphatic heterocycles. The summed E-state index contributed by atoms with van der Waals surface area (Å²) in [4.78, 5) is 81.1. The second kappa shape index (κ2) is 18.6. The number of hydrogen-bond donors (Lipinski definition) is 3. The number of carbonyl (C=O) groups excluding carboxylic acids is 5. The van der Waals surface area contributed by atoms with Crippen LogP contribution in [0, 0.1) is 12.7 Å². The Balaban J connectivity index is 0.881. The fourth-order valence-electron chi connectivity index (χ4n) is 10.6. The molecule has 2 aromatic heterocycles. The third-order valence-electron chi connectivity index (χ3n) is 14.5. The number of imide groups is 1. The summed E-state index contributed by atoms with van der Waals surface area (Å²) in [5, 5.41) is 12.3. The van der Waals surface area contributed by atoms with Gasteiger partial charge in [-0.15, -0.1) is 0 Å². The van der Waals surface area contributed by atoms with Gasteiger partial charge in [0, 0.05) is 69.6 Å². The predicted molar refractivity (Wildman–Crippen MR) is 266 cm³/mol. The average molecular weight is 944 g/mol. The number of nitrogens with zero attached hydrogens (tertiary/aromatic N) is 6. The number of likely N-dealkylation sites (tertiary alicyclic amines) is 1. The Morgan fingerprint density at radius 1 is 0.786 bits per heavy atom. The molecule has 3 aliphatic rings. The molecule has 358 valence electrons. The summed E-state index contributed by atoms with van der Waals surface area (Å²) in [6.45, 7) is 5.38.